The fourth-order valence-electron chi connectivity index (χ4n) is 5.84. The number of fused-ring (bicyclic) bond motifs is 1. The van der Waals surface area contributed by atoms with Crippen LogP contribution >= 0.6 is 0 Å². The van der Waals surface area contributed by atoms with Crippen molar-refractivity contribution in [3.63, 3.8) is 0 Å². The number of hydrogen-bond donors (Lipinski definition) is 0. The van der Waals surface area contributed by atoms with Crippen LogP contribution in [0, 0.1) is 6.92 Å². The first kappa shape index (κ1) is 21.2. The van der Waals surface area contributed by atoms with Crippen molar-refractivity contribution < 1.29 is 4.79 Å². The minimum absolute atomic E-state index is 0.220. The van der Waals surface area contributed by atoms with E-state index in [1.54, 1.807) is 0 Å². The molecule has 2 aromatic carbocycles. The van der Waals surface area contributed by atoms with Crippen molar-refractivity contribution in [2.75, 3.05) is 0 Å². The number of aryl methyl sites for hydroxylation is 1. The highest BCUT2D eigenvalue weighted by atomic mass is 16.2. The predicted octanol–water partition coefficient (Wildman–Crippen LogP) is 7.32. The molecular formula is C29H34N2O. The molecule has 0 aliphatic heterocycles. The smallest absolute Gasteiger partial charge is 0.255 e. The van der Waals surface area contributed by atoms with Crippen LogP contribution in [0.2, 0.25) is 0 Å². The van der Waals surface area contributed by atoms with Crippen molar-refractivity contribution in [1.82, 2.24) is 9.88 Å². The SMILES string of the molecule is Cc1ccccc1-c1cc(C(=O)N(C2CCCCC2)C2CCCCC2)c2ccccc2n1. The largest absolute Gasteiger partial charge is 0.333 e. The summed E-state index contributed by atoms with van der Waals surface area (Å²) in [6.45, 7) is 2.12. The molecule has 2 saturated carbocycles. The third kappa shape index (κ3) is 4.18. The van der Waals surface area contributed by atoms with Crippen LogP contribution < -0.4 is 0 Å². The number of para-hydroxylation sites is 1. The number of pyridine rings is 1. The Bertz CT molecular complexity index is 1080. The highest BCUT2D eigenvalue weighted by molar-refractivity contribution is 6.07. The van der Waals surface area contributed by atoms with Crippen molar-refractivity contribution in [3.8, 4) is 11.3 Å². The average molecular weight is 427 g/mol. The highest BCUT2D eigenvalue weighted by Gasteiger charge is 2.34. The Morgan fingerprint density at radius 3 is 2.06 bits per heavy atom. The van der Waals surface area contributed by atoms with Crippen LogP contribution in [0.4, 0.5) is 0 Å². The third-order valence-corrected chi connectivity index (χ3v) is 7.54. The molecule has 0 saturated heterocycles. The quantitative estimate of drug-likeness (QED) is 0.438. The van der Waals surface area contributed by atoms with Crippen LogP contribution in [0.5, 0.6) is 0 Å². The van der Waals surface area contributed by atoms with Gasteiger partial charge in [-0.3, -0.25) is 4.79 Å². The van der Waals surface area contributed by atoms with E-state index in [9.17, 15) is 4.79 Å². The second kappa shape index (κ2) is 9.44. The maximum Gasteiger partial charge on any atom is 0.255 e. The van der Waals surface area contributed by atoms with E-state index in [1.807, 2.05) is 18.2 Å². The van der Waals surface area contributed by atoms with Crippen LogP contribution in [0.1, 0.15) is 80.1 Å². The molecule has 0 atom stereocenters. The Morgan fingerprint density at radius 2 is 1.41 bits per heavy atom. The van der Waals surface area contributed by atoms with Gasteiger partial charge in [-0.25, -0.2) is 4.98 Å². The van der Waals surface area contributed by atoms with E-state index < -0.39 is 0 Å². The lowest BCUT2D eigenvalue weighted by Crippen LogP contribution is -2.48. The normalized spacial score (nSPS) is 18.0. The summed E-state index contributed by atoms with van der Waals surface area (Å²) in [5, 5.41) is 0.978. The van der Waals surface area contributed by atoms with Crippen molar-refractivity contribution in [2.45, 2.75) is 83.2 Å². The fourth-order valence-corrected chi connectivity index (χ4v) is 5.84. The van der Waals surface area contributed by atoms with Gasteiger partial charge in [0.05, 0.1) is 16.8 Å². The summed E-state index contributed by atoms with van der Waals surface area (Å²) < 4.78 is 0. The van der Waals surface area contributed by atoms with Gasteiger partial charge in [0.25, 0.3) is 5.91 Å². The summed E-state index contributed by atoms with van der Waals surface area (Å²) in [5.41, 5.74) is 4.92. The molecule has 1 amide bonds. The molecule has 0 N–H and O–H groups in total. The number of nitrogens with zero attached hydrogens (tertiary/aromatic N) is 2. The standard InChI is InChI=1S/C29H34N2O/c1-21-12-8-9-17-24(21)28-20-26(25-18-10-11-19-27(25)30-28)29(32)31(22-13-4-2-5-14-22)23-15-6-3-7-16-23/h8-12,17-20,22-23H,2-7,13-16H2,1H3. The Morgan fingerprint density at radius 1 is 0.812 bits per heavy atom. The number of benzene rings is 2. The van der Waals surface area contributed by atoms with E-state index >= 15 is 0 Å². The van der Waals surface area contributed by atoms with E-state index in [4.69, 9.17) is 4.98 Å². The molecule has 1 aromatic heterocycles. The molecule has 2 aliphatic carbocycles. The van der Waals surface area contributed by atoms with Gasteiger partial charge in [-0.2, -0.15) is 0 Å². The van der Waals surface area contributed by atoms with Crippen LogP contribution in [0.15, 0.2) is 54.6 Å². The molecule has 3 aromatic rings. The lowest BCUT2D eigenvalue weighted by molar-refractivity contribution is 0.0450. The van der Waals surface area contributed by atoms with Crippen LogP contribution in [0.25, 0.3) is 22.2 Å². The number of rotatable bonds is 4. The molecular weight excluding hydrogens is 392 g/mol. The molecule has 0 radical (unpaired) electrons. The van der Waals surface area contributed by atoms with E-state index in [0.29, 0.717) is 12.1 Å². The first-order valence-electron chi connectivity index (χ1n) is 12.5. The molecule has 5 rings (SSSR count). The summed E-state index contributed by atoms with van der Waals surface area (Å²) >= 11 is 0. The number of amides is 1. The van der Waals surface area contributed by atoms with Gasteiger partial charge >= 0.3 is 0 Å². The summed E-state index contributed by atoms with van der Waals surface area (Å²) in [6.07, 6.45) is 12.2. The summed E-state index contributed by atoms with van der Waals surface area (Å²) in [7, 11) is 0. The van der Waals surface area contributed by atoms with E-state index in [2.05, 4.69) is 48.2 Å². The Hall–Kier alpha value is -2.68. The zero-order valence-electron chi connectivity index (χ0n) is 19.2. The first-order chi connectivity index (χ1) is 15.7. The molecule has 0 bridgehead atoms. The monoisotopic (exact) mass is 426 g/mol. The number of hydrogen-bond acceptors (Lipinski definition) is 2. The van der Waals surface area contributed by atoms with Gasteiger partial charge in [-0.05, 0) is 50.3 Å². The molecule has 0 spiro atoms. The van der Waals surface area contributed by atoms with Crippen LogP contribution in [-0.4, -0.2) is 27.9 Å². The zero-order chi connectivity index (χ0) is 21.9. The molecule has 3 heteroatoms. The molecule has 0 unspecified atom stereocenters. The Labute approximate surface area is 191 Å². The molecule has 32 heavy (non-hydrogen) atoms. The third-order valence-electron chi connectivity index (χ3n) is 7.54. The Balaban J connectivity index is 1.62. The predicted molar refractivity (Wildman–Crippen MR) is 132 cm³/mol. The summed E-state index contributed by atoms with van der Waals surface area (Å²) in [4.78, 5) is 21.6. The molecule has 1 heterocycles. The van der Waals surface area contributed by atoms with Gasteiger partial charge in [-0.1, -0.05) is 81.0 Å². The van der Waals surface area contributed by atoms with E-state index in [1.165, 1.54) is 44.1 Å². The van der Waals surface area contributed by atoms with Crippen molar-refractivity contribution >= 4 is 16.8 Å². The van der Waals surface area contributed by atoms with Gasteiger partial charge < -0.3 is 4.90 Å². The second-order valence-electron chi connectivity index (χ2n) is 9.68. The van der Waals surface area contributed by atoms with Crippen LogP contribution in [-0.2, 0) is 0 Å². The summed E-state index contributed by atoms with van der Waals surface area (Å²) in [6, 6.07) is 19.3. The number of carbonyl (C=O) groups excluding carboxylic acids is 1. The van der Waals surface area contributed by atoms with Gasteiger partial charge in [0, 0.05) is 23.0 Å². The van der Waals surface area contributed by atoms with Crippen molar-refractivity contribution in [3.05, 3.63) is 65.7 Å². The van der Waals surface area contributed by atoms with Crippen LogP contribution in [0.3, 0.4) is 0 Å². The van der Waals surface area contributed by atoms with Gasteiger partial charge in [-0.15, -0.1) is 0 Å². The maximum atomic E-state index is 14.3. The summed E-state index contributed by atoms with van der Waals surface area (Å²) in [5.74, 6) is 0.220. The van der Waals surface area contributed by atoms with E-state index in [0.717, 1.165) is 53.4 Å². The fraction of sp³-hybridized carbons (Fsp3) is 0.448. The topological polar surface area (TPSA) is 33.2 Å². The molecule has 3 nitrogen and oxygen atoms in total. The maximum absolute atomic E-state index is 14.3. The minimum atomic E-state index is 0.220. The van der Waals surface area contributed by atoms with Crippen molar-refractivity contribution in [1.29, 1.82) is 0 Å². The van der Waals surface area contributed by atoms with Crippen molar-refractivity contribution in [2.24, 2.45) is 0 Å². The lowest BCUT2D eigenvalue weighted by atomic mass is 9.87. The van der Waals surface area contributed by atoms with Gasteiger partial charge in [0.2, 0.25) is 0 Å². The average Bonchev–Trinajstić information content (AvgIpc) is 2.85. The number of carbonyl (C=O) groups is 1. The minimum Gasteiger partial charge on any atom is -0.333 e. The molecule has 166 valence electrons. The second-order valence-corrected chi connectivity index (χ2v) is 9.68. The van der Waals surface area contributed by atoms with E-state index in [-0.39, 0.29) is 5.91 Å². The molecule has 2 aliphatic rings. The highest BCUT2D eigenvalue weighted by Crippen LogP contribution is 2.34. The zero-order valence-corrected chi connectivity index (χ0v) is 19.2. The number of aromatic nitrogens is 1. The first-order valence-corrected chi connectivity index (χ1v) is 12.5. The van der Waals surface area contributed by atoms with Gasteiger partial charge in [0.15, 0.2) is 0 Å². The molecule has 2 fully saturated rings. The Kier molecular flexibility index (Phi) is 6.25. The van der Waals surface area contributed by atoms with Gasteiger partial charge in [0.1, 0.15) is 0 Å². The lowest BCUT2D eigenvalue weighted by Gasteiger charge is -2.42.